The molecular weight excluding hydrogens is 156 g/mol. The van der Waals surface area contributed by atoms with Gasteiger partial charge in [0.2, 0.25) is 0 Å². The third-order valence-corrected chi connectivity index (χ3v) is 1.62. The lowest BCUT2D eigenvalue weighted by atomic mass is 10.3. The van der Waals surface area contributed by atoms with Gasteiger partial charge in [-0.05, 0) is 19.9 Å². The SMILES string of the molecule is CCOC(O)c1cc(C)nn1C. The fourth-order valence-corrected chi connectivity index (χ4v) is 1.11. The number of aromatic nitrogens is 2. The van der Waals surface area contributed by atoms with Crippen LogP contribution in [0.3, 0.4) is 0 Å². The van der Waals surface area contributed by atoms with Crippen LogP contribution in [0.1, 0.15) is 24.6 Å². The molecule has 1 unspecified atom stereocenters. The van der Waals surface area contributed by atoms with Crippen LogP contribution < -0.4 is 0 Å². The molecule has 0 saturated carbocycles. The van der Waals surface area contributed by atoms with E-state index in [4.69, 9.17) is 4.74 Å². The molecule has 0 aliphatic rings. The molecule has 68 valence electrons. The third-order valence-electron chi connectivity index (χ3n) is 1.62. The van der Waals surface area contributed by atoms with Crippen molar-refractivity contribution in [1.82, 2.24) is 9.78 Å². The molecule has 1 N–H and O–H groups in total. The van der Waals surface area contributed by atoms with E-state index in [0.717, 1.165) is 5.69 Å². The maximum Gasteiger partial charge on any atom is 0.198 e. The molecule has 4 nitrogen and oxygen atoms in total. The van der Waals surface area contributed by atoms with Crippen molar-refractivity contribution in [3.63, 3.8) is 0 Å². The molecule has 0 aromatic carbocycles. The second kappa shape index (κ2) is 3.69. The van der Waals surface area contributed by atoms with Crippen molar-refractivity contribution in [3.05, 3.63) is 17.5 Å². The Morgan fingerprint density at radius 3 is 2.83 bits per heavy atom. The molecule has 0 radical (unpaired) electrons. The van der Waals surface area contributed by atoms with Gasteiger partial charge in [-0.25, -0.2) is 0 Å². The largest absolute Gasteiger partial charge is 0.363 e. The Balaban J connectivity index is 2.79. The molecule has 1 rings (SSSR count). The van der Waals surface area contributed by atoms with Crippen LogP contribution in [0, 0.1) is 6.92 Å². The normalized spacial score (nSPS) is 13.3. The number of ether oxygens (including phenoxy) is 1. The second-order valence-electron chi connectivity index (χ2n) is 2.64. The van der Waals surface area contributed by atoms with Gasteiger partial charge >= 0.3 is 0 Å². The quantitative estimate of drug-likeness (QED) is 0.681. The maximum absolute atomic E-state index is 9.43. The Hall–Kier alpha value is -0.870. The first kappa shape index (κ1) is 9.22. The molecule has 0 amide bonds. The number of aryl methyl sites for hydroxylation is 2. The zero-order chi connectivity index (χ0) is 9.14. The number of hydrogen-bond donors (Lipinski definition) is 1. The smallest absolute Gasteiger partial charge is 0.198 e. The zero-order valence-corrected chi connectivity index (χ0v) is 7.61. The summed E-state index contributed by atoms with van der Waals surface area (Å²) in [5.41, 5.74) is 1.57. The summed E-state index contributed by atoms with van der Waals surface area (Å²) in [5.74, 6) is 0. The van der Waals surface area contributed by atoms with Gasteiger partial charge in [0.15, 0.2) is 6.29 Å². The molecule has 1 heterocycles. The van der Waals surface area contributed by atoms with Crippen molar-refractivity contribution in [2.45, 2.75) is 20.1 Å². The number of hydrogen-bond acceptors (Lipinski definition) is 3. The molecule has 0 bridgehead atoms. The summed E-state index contributed by atoms with van der Waals surface area (Å²) in [4.78, 5) is 0. The lowest BCUT2D eigenvalue weighted by Crippen LogP contribution is -2.08. The topological polar surface area (TPSA) is 47.3 Å². The number of rotatable bonds is 3. The molecule has 0 spiro atoms. The molecule has 1 aromatic heterocycles. The molecule has 1 atom stereocenters. The summed E-state index contributed by atoms with van der Waals surface area (Å²) in [7, 11) is 1.78. The fraction of sp³-hybridized carbons (Fsp3) is 0.625. The second-order valence-corrected chi connectivity index (χ2v) is 2.64. The molecular formula is C8H14N2O2. The summed E-state index contributed by atoms with van der Waals surface area (Å²) in [6.45, 7) is 4.21. The van der Waals surface area contributed by atoms with E-state index in [1.54, 1.807) is 17.8 Å². The van der Waals surface area contributed by atoms with Gasteiger partial charge in [0.25, 0.3) is 0 Å². The van der Waals surface area contributed by atoms with E-state index in [2.05, 4.69) is 5.10 Å². The average molecular weight is 170 g/mol. The highest BCUT2D eigenvalue weighted by Crippen LogP contribution is 2.13. The van der Waals surface area contributed by atoms with Crippen molar-refractivity contribution < 1.29 is 9.84 Å². The minimum Gasteiger partial charge on any atom is -0.363 e. The van der Waals surface area contributed by atoms with Crippen molar-refractivity contribution in [2.75, 3.05) is 6.61 Å². The van der Waals surface area contributed by atoms with Gasteiger partial charge in [0.05, 0.1) is 11.4 Å². The highest BCUT2D eigenvalue weighted by Gasteiger charge is 2.11. The lowest BCUT2D eigenvalue weighted by molar-refractivity contribution is -0.103. The minimum atomic E-state index is -0.860. The van der Waals surface area contributed by atoms with Gasteiger partial charge in [0.1, 0.15) is 0 Å². The van der Waals surface area contributed by atoms with E-state index in [1.165, 1.54) is 0 Å². The number of aliphatic hydroxyl groups excluding tert-OH is 1. The maximum atomic E-state index is 9.43. The number of aliphatic hydroxyl groups is 1. The Morgan fingerprint density at radius 1 is 1.75 bits per heavy atom. The van der Waals surface area contributed by atoms with E-state index >= 15 is 0 Å². The molecule has 0 aliphatic heterocycles. The minimum absolute atomic E-state index is 0.491. The van der Waals surface area contributed by atoms with E-state index in [-0.39, 0.29) is 0 Å². The van der Waals surface area contributed by atoms with Gasteiger partial charge in [-0.3, -0.25) is 4.68 Å². The van der Waals surface area contributed by atoms with Crippen LogP contribution >= 0.6 is 0 Å². The summed E-state index contributed by atoms with van der Waals surface area (Å²) in [6, 6.07) is 1.81. The molecule has 1 aromatic rings. The molecule has 0 aliphatic carbocycles. The van der Waals surface area contributed by atoms with E-state index in [1.807, 2.05) is 13.8 Å². The predicted octanol–water partition coefficient (Wildman–Crippen LogP) is 0.756. The first-order valence-corrected chi connectivity index (χ1v) is 3.95. The van der Waals surface area contributed by atoms with E-state index in [9.17, 15) is 5.11 Å². The Labute approximate surface area is 71.8 Å². The van der Waals surface area contributed by atoms with Crippen LogP contribution in [0.4, 0.5) is 0 Å². The van der Waals surface area contributed by atoms with Gasteiger partial charge in [-0.15, -0.1) is 0 Å². The van der Waals surface area contributed by atoms with Gasteiger partial charge in [-0.1, -0.05) is 0 Å². The predicted molar refractivity (Wildman–Crippen MR) is 44.5 cm³/mol. The van der Waals surface area contributed by atoms with Crippen LogP contribution in [0.25, 0.3) is 0 Å². The fourth-order valence-electron chi connectivity index (χ4n) is 1.11. The summed E-state index contributed by atoms with van der Waals surface area (Å²) in [5, 5.41) is 13.5. The zero-order valence-electron chi connectivity index (χ0n) is 7.61. The Bertz CT molecular complexity index is 258. The third kappa shape index (κ3) is 1.84. The summed E-state index contributed by atoms with van der Waals surface area (Å²) >= 11 is 0. The average Bonchev–Trinajstić information content (AvgIpc) is 2.30. The standard InChI is InChI=1S/C8H14N2O2/c1-4-12-8(11)7-5-6(2)9-10(7)3/h5,8,11H,4H2,1-3H3. The Morgan fingerprint density at radius 2 is 2.42 bits per heavy atom. The number of nitrogens with zero attached hydrogens (tertiary/aromatic N) is 2. The van der Waals surface area contributed by atoms with Crippen LogP contribution in [-0.4, -0.2) is 21.5 Å². The monoisotopic (exact) mass is 170 g/mol. The van der Waals surface area contributed by atoms with Crippen LogP contribution in [0.5, 0.6) is 0 Å². The van der Waals surface area contributed by atoms with Crippen LogP contribution in [-0.2, 0) is 11.8 Å². The van der Waals surface area contributed by atoms with Gasteiger partial charge in [0, 0.05) is 13.7 Å². The van der Waals surface area contributed by atoms with Gasteiger partial charge < -0.3 is 9.84 Å². The van der Waals surface area contributed by atoms with Gasteiger partial charge in [-0.2, -0.15) is 5.10 Å². The summed E-state index contributed by atoms with van der Waals surface area (Å²) in [6.07, 6.45) is -0.860. The van der Waals surface area contributed by atoms with Crippen molar-refractivity contribution in [2.24, 2.45) is 7.05 Å². The highest BCUT2D eigenvalue weighted by atomic mass is 16.6. The molecule has 0 saturated heterocycles. The van der Waals surface area contributed by atoms with E-state index < -0.39 is 6.29 Å². The van der Waals surface area contributed by atoms with Crippen molar-refractivity contribution >= 4 is 0 Å². The van der Waals surface area contributed by atoms with E-state index in [0.29, 0.717) is 12.3 Å². The molecule has 0 fully saturated rings. The molecule has 4 heteroatoms. The van der Waals surface area contributed by atoms with Crippen molar-refractivity contribution in [3.8, 4) is 0 Å². The first-order chi connectivity index (χ1) is 5.65. The van der Waals surface area contributed by atoms with Crippen LogP contribution in [0.2, 0.25) is 0 Å². The molecule has 12 heavy (non-hydrogen) atoms. The van der Waals surface area contributed by atoms with Crippen LogP contribution in [0.15, 0.2) is 6.07 Å². The Kier molecular flexibility index (Phi) is 2.83. The lowest BCUT2D eigenvalue weighted by Gasteiger charge is -2.09. The first-order valence-electron chi connectivity index (χ1n) is 3.95. The van der Waals surface area contributed by atoms with Crippen molar-refractivity contribution in [1.29, 1.82) is 0 Å². The summed E-state index contributed by atoms with van der Waals surface area (Å²) < 4.78 is 6.64. The highest BCUT2D eigenvalue weighted by molar-refractivity contribution is 5.09.